The third-order valence-electron chi connectivity index (χ3n) is 6.73. The average Bonchev–Trinajstić information content (AvgIpc) is 3.53. The van der Waals surface area contributed by atoms with Gasteiger partial charge in [-0.15, -0.1) is 0 Å². The number of carbonyl (C=O) groups is 1. The lowest BCUT2D eigenvalue weighted by molar-refractivity contribution is -0.270. The fraction of sp³-hybridized carbons (Fsp3) is 0.500. The van der Waals surface area contributed by atoms with E-state index < -0.39 is 28.4 Å². The van der Waals surface area contributed by atoms with Crippen LogP contribution in [0.4, 0.5) is 10.1 Å². The molecule has 1 saturated heterocycles. The number of benzene rings is 2. The molecular weight excluding hydrogens is 565 g/mol. The van der Waals surface area contributed by atoms with Gasteiger partial charge in [0.1, 0.15) is 24.6 Å². The zero-order valence-corrected chi connectivity index (χ0v) is 23.1. The van der Waals surface area contributed by atoms with Gasteiger partial charge in [-0.05, 0) is 24.3 Å². The number of amides is 1. The second-order valence-corrected chi connectivity index (χ2v) is 11.7. The number of anilines is 1. The Morgan fingerprint density at radius 3 is 2.83 bits per heavy atom. The third-order valence-corrected chi connectivity index (χ3v) is 7.88. The summed E-state index contributed by atoms with van der Waals surface area (Å²) in [6.45, 7) is 1.24. The van der Waals surface area contributed by atoms with Crippen LogP contribution < -0.4 is 30.5 Å². The number of para-hydroxylation sites is 1. The summed E-state index contributed by atoms with van der Waals surface area (Å²) in [5.41, 5.74) is 3.38. The molecule has 3 aliphatic rings. The molecular formula is C26H32FN3O10S. The SMILES string of the molecule is CS(=O)(=O)c1ccc(OCCOCCNC(=O)CNc2cccc3c2OC(C2CCONO2)O3)c2c1[C@H](O)C(F)C2. The summed E-state index contributed by atoms with van der Waals surface area (Å²) < 4.78 is 61.1. The summed E-state index contributed by atoms with van der Waals surface area (Å²) in [5.74, 6) is 1.09. The Morgan fingerprint density at radius 2 is 2.05 bits per heavy atom. The van der Waals surface area contributed by atoms with Crippen molar-refractivity contribution >= 4 is 21.4 Å². The Kier molecular flexibility index (Phi) is 9.11. The van der Waals surface area contributed by atoms with E-state index in [1.807, 2.05) is 0 Å². The third kappa shape index (κ3) is 6.82. The van der Waals surface area contributed by atoms with Gasteiger partial charge in [0, 0.05) is 36.8 Å². The van der Waals surface area contributed by atoms with Crippen molar-refractivity contribution in [2.75, 3.05) is 51.1 Å². The predicted molar refractivity (Wildman–Crippen MR) is 141 cm³/mol. The number of hydrogen-bond acceptors (Lipinski definition) is 12. The van der Waals surface area contributed by atoms with Gasteiger partial charge in [0.15, 0.2) is 27.4 Å². The summed E-state index contributed by atoms with van der Waals surface area (Å²) >= 11 is 0. The van der Waals surface area contributed by atoms with E-state index in [4.69, 9.17) is 28.6 Å². The number of ether oxygens (including phenoxy) is 4. The summed E-state index contributed by atoms with van der Waals surface area (Å²) in [6.07, 6.45) is -2.64. The monoisotopic (exact) mass is 597 g/mol. The molecule has 4 atom stereocenters. The molecule has 0 radical (unpaired) electrons. The summed E-state index contributed by atoms with van der Waals surface area (Å²) in [4.78, 5) is 22.5. The van der Waals surface area contributed by atoms with Crippen LogP contribution in [0.25, 0.3) is 0 Å². The first-order valence-corrected chi connectivity index (χ1v) is 15.0. The number of hydrogen-bond donors (Lipinski definition) is 4. The number of halogens is 1. The van der Waals surface area contributed by atoms with E-state index >= 15 is 0 Å². The molecule has 0 saturated carbocycles. The molecule has 0 aromatic heterocycles. The van der Waals surface area contributed by atoms with E-state index in [9.17, 15) is 22.7 Å². The molecule has 2 aromatic rings. The summed E-state index contributed by atoms with van der Waals surface area (Å²) in [5, 5.41) is 15.9. The van der Waals surface area contributed by atoms with Gasteiger partial charge in [0.05, 0.1) is 36.9 Å². The van der Waals surface area contributed by atoms with Crippen LogP contribution in [0.1, 0.15) is 23.7 Å². The number of aliphatic hydroxyl groups excluding tert-OH is 1. The van der Waals surface area contributed by atoms with Crippen LogP contribution in [-0.4, -0.2) is 83.8 Å². The van der Waals surface area contributed by atoms with E-state index in [0.717, 1.165) is 6.26 Å². The lowest BCUT2D eigenvalue weighted by atomic mass is 10.1. The molecule has 2 aliphatic heterocycles. The quantitative estimate of drug-likeness (QED) is 0.257. The number of sulfone groups is 1. The average molecular weight is 598 g/mol. The Balaban J connectivity index is 1.01. The van der Waals surface area contributed by atoms with Gasteiger partial charge in [0.25, 0.3) is 6.29 Å². The second-order valence-electron chi connectivity index (χ2n) is 9.67. The number of alkyl halides is 1. The molecule has 1 aliphatic carbocycles. The van der Waals surface area contributed by atoms with Gasteiger partial charge in [-0.25, -0.2) is 12.8 Å². The van der Waals surface area contributed by atoms with Crippen LogP contribution in [-0.2, 0) is 35.5 Å². The maximum atomic E-state index is 14.2. The molecule has 13 nitrogen and oxygen atoms in total. The molecule has 2 aromatic carbocycles. The zero-order valence-electron chi connectivity index (χ0n) is 22.3. The van der Waals surface area contributed by atoms with Crippen molar-refractivity contribution in [3.8, 4) is 17.2 Å². The van der Waals surface area contributed by atoms with Crippen molar-refractivity contribution in [1.82, 2.24) is 11.0 Å². The molecule has 1 amide bonds. The summed E-state index contributed by atoms with van der Waals surface area (Å²) in [6, 6.07) is 8.11. The highest BCUT2D eigenvalue weighted by molar-refractivity contribution is 7.90. The van der Waals surface area contributed by atoms with E-state index in [-0.39, 0.29) is 61.8 Å². The zero-order chi connectivity index (χ0) is 29.0. The van der Waals surface area contributed by atoms with E-state index in [0.29, 0.717) is 41.5 Å². The van der Waals surface area contributed by atoms with Crippen molar-refractivity contribution in [2.24, 2.45) is 0 Å². The van der Waals surface area contributed by atoms with Crippen molar-refractivity contribution in [3.63, 3.8) is 0 Å². The van der Waals surface area contributed by atoms with Crippen LogP contribution >= 0.6 is 0 Å². The van der Waals surface area contributed by atoms with E-state index in [1.165, 1.54) is 12.1 Å². The molecule has 0 spiro atoms. The largest absolute Gasteiger partial charge is 0.491 e. The Hall–Kier alpha value is -3.21. The lowest BCUT2D eigenvalue weighted by Crippen LogP contribution is -2.43. The highest BCUT2D eigenvalue weighted by Crippen LogP contribution is 2.43. The van der Waals surface area contributed by atoms with Gasteiger partial charge < -0.3 is 34.7 Å². The first-order chi connectivity index (χ1) is 19.7. The summed E-state index contributed by atoms with van der Waals surface area (Å²) in [7, 11) is -3.64. The van der Waals surface area contributed by atoms with E-state index in [2.05, 4.69) is 16.3 Å². The first kappa shape index (κ1) is 29.3. The van der Waals surface area contributed by atoms with Crippen molar-refractivity contribution in [3.05, 3.63) is 41.5 Å². The highest BCUT2D eigenvalue weighted by atomic mass is 32.2. The minimum absolute atomic E-state index is 0.00107. The maximum Gasteiger partial charge on any atom is 0.269 e. The van der Waals surface area contributed by atoms with Crippen LogP contribution in [0.15, 0.2) is 35.2 Å². The number of carbonyl (C=O) groups excluding carboxylic acids is 1. The Morgan fingerprint density at radius 1 is 1.20 bits per heavy atom. The Labute approximate surface area is 236 Å². The standard InChI is InChI=1S/C26H32FN3O10S/c1-41(33,34)21-6-5-18(15-13-16(27)24(32)23(15)21)36-12-11-35-10-8-28-22(31)14-29-17-3-2-4-19-25(17)39-26(38-19)20-7-9-37-30-40-20/h2-6,16,20,24,26,29-30,32H,7-14H2,1H3,(H,28,31)/t16?,20?,24-,26?/m1/s1. The normalized spacial score (nSPS) is 23.2. The topological polar surface area (TPSA) is 163 Å². The van der Waals surface area contributed by atoms with Crippen molar-refractivity contribution in [1.29, 1.82) is 0 Å². The van der Waals surface area contributed by atoms with Gasteiger partial charge in [-0.3, -0.25) is 14.5 Å². The fourth-order valence-electron chi connectivity index (χ4n) is 4.77. The van der Waals surface area contributed by atoms with Gasteiger partial charge in [-0.1, -0.05) is 11.7 Å². The fourth-order valence-corrected chi connectivity index (χ4v) is 5.73. The number of rotatable bonds is 12. The molecule has 41 heavy (non-hydrogen) atoms. The molecule has 2 heterocycles. The predicted octanol–water partition coefficient (Wildman–Crippen LogP) is 0.964. The van der Waals surface area contributed by atoms with Crippen LogP contribution in [0, 0.1) is 0 Å². The molecule has 5 rings (SSSR count). The highest BCUT2D eigenvalue weighted by Gasteiger charge is 2.38. The molecule has 1 fully saturated rings. The van der Waals surface area contributed by atoms with Gasteiger partial charge in [0.2, 0.25) is 5.91 Å². The van der Waals surface area contributed by atoms with Gasteiger partial charge >= 0.3 is 0 Å². The molecule has 15 heteroatoms. The molecule has 3 unspecified atom stereocenters. The molecule has 224 valence electrons. The second kappa shape index (κ2) is 12.8. The van der Waals surface area contributed by atoms with Gasteiger partial charge in [-0.2, -0.15) is 0 Å². The maximum absolute atomic E-state index is 14.2. The lowest BCUT2D eigenvalue weighted by Gasteiger charge is -2.25. The van der Waals surface area contributed by atoms with Crippen molar-refractivity contribution < 1.29 is 51.3 Å². The smallest absolute Gasteiger partial charge is 0.269 e. The van der Waals surface area contributed by atoms with Crippen molar-refractivity contribution in [2.45, 2.75) is 42.4 Å². The van der Waals surface area contributed by atoms with Crippen LogP contribution in [0.5, 0.6) is 17.2 Å². The number of aliphatic hydroxyl groups is 1. The van der Waals surface area contributed by atoms with Crippen LogP contribution in [0.3, 0.4) is 0 Å². The van der Waals surface area contributed by atoms with E-state index in [1.54, 1.807) is 18.2 Å². The number of fused-ring (bicyclic) bond motifs is 2. The molecule has 4 N–H and O–H groups in total. The minimum atomic E-state index is -3.64. The number of nitrogens with one attached hydrogen (secondary N) is 3. The molecule has 0 bridgehead atoms. The first-order valence-electron chi connectivity index (χ1n) is 13.1. The van der Waals surface area contributed by atoms with Crippen LogP contribution in [0.2, 0.25) is 0 Å². The Bertz CT molecular complexity index is 1360. The minimum Gasteiger partial charge on any atom is -0.491 e.